The van der Waals surface area contributed by atoms with Gasteiger partial charge in [-0.3, -0.25) is 0 Å². The van der Waals surface area contributed by atoms with Crippen LogP contribution in [0.2, 0.25) is 0 Å². The first-order valence-electron chi connectivity index (χ1n) is 9.29. The fourth-order valence-electron chi connectivity index (χ4n) is 3.14. The van der Waals surface area contributed by atoms with Crippen molar-refractivity contribution in [1.29, 1.82) is 0 Å². The van der Waals surface area contributed by atoms with Gasteiger partial charge in [0, 0.05) is 13.1 Å². The smallest absolute Gasteiger partial charge is 0.188 e. The Kier molecular flexibility index (Phi) is 6.37. The molecule has 148 valence electrons. The summed E-state index contributed by atoms with van der Waals surface area (Å²) < 4.78 is 12.8. The lowest BCUT2D eigenvalue weighted by Crippen LogP contribution is -2.32. The number of fused-ring (bicyclic) bond motifs is 1. The number of ether oxygens (including phenoxy) is 2. The van der Waals surface area contributed by atoms with Crippen molar-refractivity contribution >= 4 is 17.0 Å². The van der Waals surface area contributed by atoms with E-state index in [1.807, 2.05) is 43.3 Å². The largest absolute Gasteiger partial charge is 0.493 e. The molecule has 0 aliphatic carbocycles. The minimum atomic E-state index is 0.432. The van der Waals surface area contributed by atoms with E-state index in [0.717, 1.165) is 41.9 Å². The van der Waals surface area contributed by atoms with Gasteiger partial charge in [0.25, 0.3) is 0 Å². The molecule has 0 fully saturated rings. The lowest BCUT2D eigenvalue weighted by Gasteiger charge is -2.10. The first-order chi connectivity index (χ1) is 13.6. The second-order valence-electron chi connectivity index (χ2n) is 6.47. The normalized spacial score (nSPS) is 11.6. The Bertz CT molecular complexity index is 965. The van der Waals surface area contributed by atoms with Crippen LogP contribution >= 0.6 is 0 Å². The van der Waals surface area contributed by atoms with Crippen LogP contribution in [-0.4, -0.2) is 36.3 Å². The summed E-state index contributed by atoms with van der Waals surface area (Å²) in [6.45, 7) is 4.13. The highest BCUT2D eigenvalue weighted by molar-refractivity contribution is 5.78. The Hall–Kier alpha value is -3.22. The van der Waals surface area contributed by atoms with Gasteiger partial charge in [0.15, 0.2) is 17.5 Å². The average Bonchev–Trinajstić information content (AvgIpc) is 3.04. The Morgan fingerprint density at radius 3 is 2.71 bits per heavy atom. The molecule has 0 aliphatic rings. The number of methoxy groups -OCH3 is 2. The van der Waals surface area contributed by atoms with Gasteiger partial charge in [-0.15, -0.1) is 0 Å². The molecule has 0 saturated carbocycles. The molecule has 0 aliphatic heterocycles. The predicted molar refractivity (Wildman–Crippen MR) is 112 cm³/mol. The second-order valence-corrected chi connectivity index (χ2v) is 6.47. The molecule has 28 heavy (non-hydrogen) atoms. The molecule has 3 aromatic rings. The van der Waals surface area contributed by atoms with Gasteiger partial charge in [-0.2, -0.15) is 0 Å². The van der Waals surface area contributed by atoms with Crippen molar-refractivity contribution in [3.8, 4) is 11.5 Å². The highest BCUT2D eigenvalue weighted by Gasteiger charge is 2.06. The Labute approximate surface area is 165 Å². The summed E-state index contributed by atoms with van der Waals surface area (Å²) in [5.74, 6) is 2.84. The van der Waals surface area contributed by atoms with Gasteiger partial charge in [-0.05, 0) is 43.2 Å². The molecule has 7 heteroatoms. The highest BCUT2D eigenvalue weighted by Crippen LogP contribution is 2.27. The van der Waals surface area contributed by atoms with E-state index in [4.69, 9.17) is 15.2 Å². The molecular formula is C21H27N5O2. The quantitative estimate of drug-likeness (QED) is 0.356. The van der Waals surface area contributed by atoms with Crippen LogP contribution in [0, 0.1) is 6.92 Å². The number of nitrogens with zero attached hydrogens (tertiary/aromatic N) is 3. The van der Waals surface area contributed by atoms with Gasteiger partial charge in [0.05, 0.1) is 31.8 Å². The third-order valence-electron chi connectivity index (χ3n) is 4.59. The van der Waals surface area contributed by atoms with Gasteiger partial charge < -0.3 is 25.1 Å². The summed E-state index contributed by atoms with van der Waals surface area (Å²) in [4.78, 5) is 8.99. The minimum Gasteiger partial charge on any atom is -0.493 e. The van der Waals surface area contributed by atoms with Crippen LogP contribution in [0.15, 0.2) is 47.5 Å². The van der Waals surface area contributed by atoms with Crippen molar-refractivity contribution < 1.29 is 9.47 Å². The molecule has 0 radical (unpaired) electrons. The van der Waals surface area contributed by atoms with Crippen molar-refractivity contribution in [2.45, 2.75) is 26.4 Å². The summed E-state index contributed by atoms with van der Waals surface area (Å²) >= 11 is 0. The number of rotatable bonds is 8. The molecular weight excluding hydrogens is 354 g/mol. The maximum absolute atomic E-state index is 5.99. The topological polar surface area (TPSA) is 86.7 Å². The van der Waals surface area contributed by atoms with Gasteiger partial charge in [-0.25, -0.2) is 9.98 Å². The number of hydrogen-bond acceptors (Lipinski definition) is 4. The molecule has 0 bridgehead atoms. The van der Waals surface area contributed by atoms with Gasteiger partial charge >= 0.3 is 0 Å². The summed E-state index contributed by atoms with van der Waals surface area (Å²) in [5, 5.41) is 3.17. The van der Waals surface area contributed by atoms with Crippen molar-refractivity contribution in [1.82, 2.24) is 14.9 Å². The molecule has 1 aromatic heterocycles. The number of aliphatic imine (C=N–C) groups is 1. The fraction of sp³-hybridized carbons (Fsp3) is 0.333. The van der Waals surface area contributed by atoms with Gasteiger partial charge in [-0.1, -0.05) is 18.2 Å². The zero-order valence-corrected chi connectivity index (χ0v) is 16.6. The van der Waals surface area contributed by atoms with Crippen LogP contribution in [0.5, 0.6) is 11.5 Å². The first-order valence-corrected chi connectivity index (χ1v) is 9.29. The number of guanidine groups is 1. The number of nitrogens with two attached hydrogens (primary N) is 1. The van der Waals surface area contributed by atoms with Crippen LogP contribution in [0.25, 0.3) is 11.0 Å². The number of imidazole rings is 1. The van der Waals surface area contributed by atoms with Crippen molar-refractivity contribution in [2.24, 2.45) is 10.7 Å². The van der Waals surface area contributed by atoms with E-state index < -0.39 is 0 Å². The predicted octanol–water partition coefficient (Wildman–Crippen LogP) is 2.86. The molecule has 0 unspecified atom stereocenters. The van der Waals surface area contributed by atoms with E-state index in [2.05, 4.69) is 25.9 Å². The molecule has 7 nitrogen and oxygen atoms in total. The number of nitrogens with one attached hydrogen (secondary N) is 1. The number of hydrogen-bond donors (Lipinski definition) is 2. The van der Waals surface area contributed by atoms with Crippen molar-refractivity contribution in [3.05, 3.63) is 53.9 Å². The van der Waals surface area contributed by atoms with E-state index in [1.54, 1.807) is 14.2 Å². The molecule has 0 spiro atoms. The number of para-hydroxylation sites is 2. The van der Waals surface area contributed by atoms with E-state index >= 15 is 0 Å². The summed E-state index contributed by atoms with van der Waals surface area (Å²) in [6, 6.07) is 13.9. The summed E-state index contributed by atoms with van der Waals surface area (Å²) in [6.07, 6.45) is 0.924. The van der Waals surface area contributed by atoms with Crippen LogP contribution < -0.4 is 20.5 Å². The standard InChI is InChI=1S/C21H27N5O2/c1-15-25-17-7-4-5-8-18(17)26(15)12-6-11-23-21(22)24-14-16-9-10-19(27-2)20(13-16)28-3/h4-5,7-10,13H,6,11-12,14H2,1-3H3,(H3,22,23,24). The molecule has 2 aromatic carbocycles. The third-order valence-corrected chi connectivity index (χ3v) is 4.59. The zero-order valence-electron chi connectivity index (χ0n) is 16.6. The van der Waals surface area contributed by atoms with Crippen LogP contribution in [0.4, 0.5) is 0 Å². The molecule has 3 rings (SSSR count). The van der Waals surface area contributed by atoms with Crippen molar-refractivity contribution in [3.63, 3.8) is 0 Å². The van der Waals surface area contributed by atoms with Crippen molar-refractivity contribution in [2.75, 3.05) is 20.8 Å². The maximum atomic E-state index is 5.99. The summed E-state index contributed by atoms with van der Waals surface area (Å²) in [5.41, 5.74) is 9.19. The lowest BCUT2D eigenvalue weighted by atomic mass is 10.2. The SMILES string of the molecule is COc1ccc(CN=C(N)NCCCn2c(C)nc3ccccc32)cc1OC. The van der Waals surface area contributed by atoms with Gasteiger partial charge in [0.1, 0.15) is 5.82 Å². The Morgan fingerprint density at radius 2 is 1.93 bits per heavy atom. The van der Waals surface area contributed by atoms with E-state index in [0.29, 0.717) is 24.0 Å². The molecule has 0 saturated heterocycles. The van der Waals surface area contributed by atoms with E-state index in [1.165, 1.54) is 0 Å². The molecule has 3 N–H and O–H groups in total. The Morgan fingerprint density at radius 1 is 1.14 bits per heavy atom. The van der Waals surface area contributed by atoms with Crippen LogP contribution in [-0.2, 0) is 13.1 Å². The molecule has 0 atom stereocenters. The average molecular weight is 381 g/mol. The Balaban J connectivity index is 1.50. The maximum Gasteiger partial charge on any atom is 0.188 e. The second kappa shape index (κ2) is 9.12. The number of aryl methyl sites for hydroxylation is 2. The molecule has 0 amide bonds. The highest BCUT2D eigenvalue weighted by atomic mass is 16.5. The van der Waals surface area contributed by atoms with Gasteiger partial charge in [0.2, 0.25) is 0 Å². The lowest BCUT2D eigenvalue weighted by molar-refractivity contribution is 0.354. The number of aromatic nitrogens is 2. The first kappa shape index (κ1) is 19.5. The summed E-state index contributed by atoms with van der Waals surface area (Å²) in [7, 11) is 3.23. The zero-order chi connectivity index (χ0) is 19.9. The van der Waals surface area contributed by atoms with Crippen LogP contribution in [0.3, 0.4) is 0 Å². The third kappa shape index (κ3) is 4.54. The van der Waals surface area contributed by atoms with E-state index in [-0.39, 0.29) is 0 Å². The minimum absolute atomic E-state index is 0.432. The number of benzene rings is 2. The fourth-order valence-corrected chi connectivity index (χ4v) is 3.14. The molecule has 1 heterocycles. The van der Waals surface area contributed by atoms with Crippen LogP contribution in [0.1, 0.15) is 17.8 Å². The van der Waals surface area contributed by atoms with E-state index in [9.17, 15) is 0 Å². The monoisotopic (exact) mass is 381 g/mol.